The van der Waals surface area contributed by atoms with Gasteiger partial charge in [0.25, 0.3) is 5.88 Å². The van der Waals surface area contributed by atoms with Gasteiger partial charge >= 0.3 is 5.97 Å². The van der Waals surface area contributed by atoms with Gasteiger partial charge in [0.15, 0.2) is 0 Å². The molecule has 8 nitrogen and oxygen atoms in total. The molecule has 0 fully saturated rings. The fourth-order valence-corrected chi connectivity index (χ4v) is 1.65. The Hall–Kier alpha value is -3.73. The minimum absolute atomic E-state index is 0.0333. The number of rotatable bonds is 3. The highest BCUT2D eigenvalue weighted by Gasteiger charge is 2.16. The Balaban J connectivity index is 1.74. The zero-order chi connectivity index (χ0) is 16.1. The Morgan fingerprint density at radius 3 is 2.57 bits per heavy atom. The molecule has 2 heterocycles. The van der Waals surface area contributed by atoms with E-state index in [2.05, 4.69) is 37.2 Å². The summed E-state index contributed by atoms with van der Waals surface area (Å²) in [6, 6.07) is 8.49. The number of benzene rings is 1. The lowest BCUT2D eigenvalue weighted by molar-refractivity contribution is 0.0687. The minimum Gasteiger partial charge on any atom is -0.476 e. The van der Waals surface area contributed by atoms with Crippen molar-refractivity contribution in [2.75, 3.05) is 0 Å². The van der Waals surface area contributed by atoms with E-state index in [1.807, 2.05) is 0 Å². The standard InChI is InChI=1S/C15H9N5O3/c21-15(22)13-14(19-20-18-13)23-11-5-2-10(3-6-11)4-7-12-16-8-1-9-17-12/h1-3,5-6,8-9H,(H,21,22)(H,18,19,20). The van der Waals surface area contributed by atoms with E-state index in [0.29, 0.717) is 11.6 Å². The first-order chi connectivity index (χ1) is 11.2. The monoisotopic (exact) mass is 307 g/mol. The molecule has 0 aliphatic rings. The summed E-state index contributed by atoms with van der Waals surface area (Å²) in [5.41, 5.74) is 0.459. The lowest BCUT2D eigenvalue weighted by atomic mass is 10.2. The summed E-state index contributed by atoms with van der Waals surface area (Å²) in [7, 11) is 0. The number of hydrogen-bond acceptors (Lipinski definition) is 6. The normalized spacial score (nSPS) is 9.74. The van der Waals surface area contributed by atoms with Crippen LogP contribution >= 0.6 is 0 Å². The van der Waals surface area contributed by atoms with Crippen LogP contribution in [0.25, 0.3) is 0 Å². The predicted octanol–water partition coefficient (Wildman–Crippen LogP) is 1.48. The summed E-state index contributed by atoms with van der Waals surface area (Å²) >= 11 is 0. The molecule has 0 radical (unpaired) electrons. The van der Waals surface area contributed by atoms with E-state index in [1.54, 1.807) is 42.7 Å². The Labute approximate surface area is 130 Å². The molecule has 23 heavy (non-hydrogen) atoms. The molecule has 0 atom stereocenters. The fraction of sp³-hybridized carbons (Fsp3) is 0. The first-order valence-corrected chi connectivity index (χ1v) is 6.43. The zero-order valence-corrected chi connectivity index (χ0v) is 11.6. The number of carboxylic acid groups (broad SMARTS) is 1. The second-order valence-corrected chi connectivity index (χ2v) is 4.24. The molecule has 3 aromatic rings. The SMILES string of the molecule is O=C(O)c1nn[nH]c1Oc1ccc(C#Cc2ncccn2)cc1. The Kier molecular flexibility index (Phi) is 3.93. The van der Waals surface area contributed by atoms with Gasteiger partial charge in [-0.05, 0) is 36.3 Å². The van der Waals surface area contributed by atoms with Crippen molar-refractivity contribution in [3.8, 4) is 23.5 Å². The molecule has 0 aliphatic carbocycles. The molecule has 0 saturated heterocycles. The van der Waals surface area contributed by atoms with Crippen molar-refractivity contribution in [2.45, 2.75) is 0 Å². The third-order valence-electron chi connectivity index (χ3n) is 2.68. The van der Waals surface area contributed by atoms with Crippen molar-refractivity contribution in [1.29, 1.82) is 0 Å². The summed E-state index contributed by atoms with van der Waals surface area (Å²) < 4.78 is 5.39. The van der Waals surface area contributed by atoms with Crippen LogP contribution in [0.5, 0.6) is 11.6 Å². The van der Waals surface area contributed by atoms with E-state index >= 15 is 0 Å². The van der Waals surface area contributed by atoms with E-state index in [9.17, 15) is 4.79 Å². The van der Waals surface area contributed by atoms with Gasteiger partial charge < -0.3 is 9.84 Å². The molecule has 0 bridgehead atoms. The minimum atomic E-state index is -1.22. The lowest BCUT2D eigenvalue weighted by Gasteiger charge is -2.02. The third-order valence-corrected chi connectivity index (χ3v) is 2.68. The maximum Gasteiger partial charge on any atom is 0.362 e. The lowest BCUT2D eigenvalue weighted by Crippen LogP contribution is -1.99. The van der Waals surface area contributed by atoms with Crippen LogP contribution in [0, 0.1) is 11.8 Å². The van der Waals surface area contributed by atoms with Gasteiger partial charge in [-0.3, -0.25) is 0 Å². The van der Waals surface area contributed by atoms with Crippen LogP contribution in [0.4, 0.5) is 0 Å². The van der Waals surface area contributed by atoms with Crippen LogP contribution in [-0.4, -0.2) is 36.5 Å². The molecule has 0 aliphatic heterocycles. The zero-order valence-electron chi connectivity index (χ0n) is 11.6. The number of ether oxygens (including phenoxy) is 1. The van der Waals surface area contributed by atoms with Crippen LogP contribution in [-0.2, 0) is 0 Å². The number of nitrogens with zero attached hydrogens (tertiary/aromatic N) is 4. The van der Waals surface area contributed by atoms with Gasteiger partial charge in [-0.2, -0.15) is 0 Å². The summed E-state index contributed by atoms with van der Waals surface area (Å²) in [5, 5.41) is 18.1. The molecule has 3 rings (SSSR count). The number of H-pyrrole nitrogens is 1. The fourth-order valence-electron chi connectivity index (χ4n) is 1.65. The summed E-state index contributed by atoms with van der Waals surface area (Å²) in [6.07, 6.45) is 3.23. The van der Waals surface area contributed by atoms with Crippen molar-refractivity contribution in [3.63, 3.8) is 0 Å². The highest BCUT2D eigenvalue weighted by molar-refractivity contribution is 5.87. The van der Waals surface area contributed by atoms with Crippen LogP contribution in [0.3, 0.4) is 0 Å². The van der Waals surface area contributed by atoms with Gasteiger partial charge in [0, 0.05) is 18.0 Å². The topological polar surface area (TPSA) is 114 Å². The molecule has 2 N–H and O–H groups in total. The Morgan fingerprint density at radius 1 is 1.13 bits per heavy atom. The van der Waals surface area contributed by atoms with Crippen LogP contribution in [0.15, 0.2) is 42.7 Å². The van der Waals surface area contributed by atoms with Crippen LogP contribution in [0.1, 0.15) is 21.9 Å². The number of nitrogens with one attached hydrogen (secondary N) is 1. The second-order valence-electron chi connectivity index (χ2n) is 4.24. The third kappa shape index (κ3) is 3.48. The highest BCUT2D eigenvalue weighted by atomic mass is 16.5. The first kappa shape index (κ1) is 14.2. The van der Waals surface area contributed by atoms with Crippen molar-refractivity contribution in [3.05, 3.63) is 59.8 Å². The van der Waals surface area contributed by atoms with Crippen molar-refractivity contribution in [2.24, 2.45) is 0 Å². The molecule has 0 amide bonds. The summed E-state index contributed by atoms with van der Waals surface area (Å²) in [6.45, 7) is 0. The number of aromatic nitrogens is 5. The average molecular weight is 307 g/mol. The van der Waals surface area contributed by atoms with E-state index in [0.717, 1.165) is 5.56 Å². The molecule has 0 spiro atoms. The molecule has 0 saturated carbocycles. The van der Waals surface area contributed by atoms with Gasteiger partial charge in [-0.1, -0.05) is 11.1 Å². The molecular formula is C15H9N5O3. The van der Waals surface area contributed by atoms with Crippen molar-refractivity contribution in [1.82, 2.24) is 25.4 Å². The number of hydrogen-bond donors (Lipinski definition) is 2. The smallest absolute Gasteiger partial charge is 0.362 e. The van der Waals surface area contributed by atoms with E-state index in [-0.39, 0.29) is 11.6 Å². The van der Waals surface area contributed by atoms with Gasteiger partial charge in [0.1, 0.15) is 5.75 Å². The van der Waals surface area contributed by atoms with Crippen LogP contribution < -0.4 is 4.74 Å². The second kappa shape index (κ2) is 6.36. The van der Waals surface area contributed by atoms with Gasteiger partial charge in [0.05, 0.1) is 0 Å². The molecular weight excluding hydrogens is 298 g/mol. The quantitative estimate of drug-likeness (QED) is 0.704. The van der Waals surface area contributed by atoms with Gasteiger partial charge in [-0.25, -0.2) is 19.9 Å². The maximum absolute atomic E-state index is 10.9. The predicted molar refractivity (Wildman–Crippen MR) is 77.9 cm³/mol. The molecule has 8 heteroatoms. The summed E-state index contributed by atoms with van der Waals surface area (Å²) in [4.78, 5) is 18.9. The molecule has 1 aromatic carbocycles. The van der Waals surface area contributed by atoms with Gasteiger partial charge in [0.2, 0.25) is 11.5 Å². The van der Waals surface area contributed by atoms with Gasteiger partial charge in [-0.15, -0.1) is 5.10 Å². The van der Waals surface area contributed by atoms with E-state index in [1.165, 1.54) is 0 Å². The van der Waals surface area contributed by atoms with Crippen molar-refractivity contribution >= 4 is 5.97 Å². The molecule has 112 valence electrons. The van der Waals surface area contributed by atoms with Crippen LogP contribution in [0.2, 0.25) is 0 Å². The van der Waals surface area contributed by atoms with Crippen molar-refractivity contribution < 1.29 is 14.6 Å². The summed E-state index contributed by atoms with van der Waals surface area (Å²) in [5.74, 6) is 5.36. The Morgan fingerprint density at radius 2 is 1.87 bits per heavy atom. The molecule has 2 aromatic heterocycles. The Bertz CT molecular complexity index is 879. The number of carbonyl (C=O) groups is 1. The van der Waals surface area contributed by atoms with E-state index < -0.39 is 5.97 Å². The first-order valence-electron chi connectivity index (χ1n) is 6.43. The maximum atomic E-state index is 10.9. The number of aromatic amines is 1. The molecule has 0 unspecified atom stereocenters. The largest absolute Gasteiger partial charge is 0.476 e. The average Bonchev–Trinajstić information content (AvgIpc) is 3.04. The number of carboxylic acids is 1. The van der Waals surface area contributed by atoms with E-state index in [4.69, 9.17) is 9.84 Å². The highest BCUT2D eigenvalue weighted by Crippen LogP contribution is 2.21. The number of aromatic carboxylic acids is 1.